The Morgan fingerprint density at radius 2 is 2.05 bits per heavy atom. The van der Waals surface area contributed by atoms with Gasteiger partial charge in [0.1, 0.15) is 11.9 Å². The Hall–Kier alpha value is -2.05. The second-order valence-corrected chi connectivity index (χ2v) is 5.13. The maximum atomic E-state index is 10.2. The van der Waals surface area contributed by atoms with Crippen LogP contribution in [0.3, 0.4) is 0 Å². The summed E-state index contributed by atoms with van der Waals surface area (Å²) >= 11 is 1.45. The van der Waals surface area contributed by atoms with Gasteiger partial charge >= 0.3 is 0 Å². The quantitative estimate of drug-likeness (QED) is 0.706. The summed E-state index contributed by atoms with van der Waals surface area (Å²) in [4.78, 5) is 4.29. The molecule has 2 N–H and O–H groups in total. The molecule has 2 heterocycles. The van der Waals surface area contributed by atoms with Crippen molar-refractivity contribution in [3.8, 4) is 0 Å². The monoisotopic (exact) mass is 287 g/mol. The molecule has 3 aromatic rings. The largest absolute Gasteiger partial charge is 0.468 e. The lowest BCUT2D eigenvalue weighted by Crippen LogP contribution is -2.01. The lowest BCUT2D eigenvalue weighted by atomic mass is 10.1. The molecule has 0 unspecified atom stereocenters. The molecule has 0 aliphatic carbocycles. The van der Waals surface area contributed by atoms with Gasteiger partial charge in [-0.2, -0.15) is 0 Å². The van der Waals surface area contributed by atoms with E-state index in [1.807, 2.05) is 42.5 Å². The first-order valence-electron chi connectivity index (χ1n) is 6.13. The number of aromatic amines is 1. The molecule has 0 amide bonds. The van der Waals surface area contributed by atoms with Crippen molar-refractivity contribution in [3.63, 3.8) is 0 Å². The predicted octanol–water partition coefficient (Wildman–Crippen LogP) is 2.77. The summed E-state index contributed by atoms with van der Waals surface area (Å²) in [5.41, 5.74) is 0.784. The van der Waals surface area contributed by atoms with Crippen molar-refractivity contribution in [1.29, 1.82) is 0 Å². The van der Waals surface area contributed by atoms with Gasteiger partial charge in [0, 0.05) is 0 Å². The average Bonchev–Trinajstić information content (AvgIpc) is 3.17. The van der Waals surface area contributed by atoms with Crippen molar-refractivity contribution in [1.82, 2.24) is 15.2 Å². The summed E-state index contributed by atoms with van der Waals surface area (Å²) in [6, 6.07) is 13.1. The molecule has 1 aromatic carbocycles. The van der Waals surface area contributed by atoms with Crippen LogP contribution in [0.1, 0.15) is 23.3 Å². The summed E-state index contributed by atoms with van der Waals surface area (Å²) in [5, 5.41) is 17.6. The molecule has 0 radical (unpaired) electrons. The zero-order valence-electron chi connectivity index (χ0n) is 10.6. The van der Waals surface area contributed by atoms with E-state index in [1.165, 1.54) is 11.8 Å². The second kappa shape index (κ2) is 5.94. The zero-order valence-corrected chi connectivity index (χ0v) is 11.4. The Morgan fingerprint density at radius 3 is 2.80 bits per heavy atom. The maximum absolute atomic E-state index is 10.2. The van der Waals surface area contributed by atoms with E-state index in [2.05, 4.69) is 15.2 Å². The van der Waals surface area contributed by atoms with Crippen LogP contribution in [0.15, 0.2) is 58.3 Å². The van der Waals surface area contributed by atoms with Crippen LogP contribution in [0.5, 0.6) is 0 Å². The summed E-state index contributed by atoms with van der Waals surface area (Å²) in [6.07, 6.45) is 0.847. The van der Waals surface area contributed by atoms with Gasteiger partial charge in [0.2, 0.25) is 5.16 Å². The standard InChI is InChI=1S/C14H13N3O2S/c18-12(10-5-2-1-3-6-10)13-15-14(17-16-13)20-9-11-7-4-8-19-11/h1-8,12,18H,9H2,(H,15,16,17)/t12-/m1/s1. The number of furan rings is 1. The Balaban J connectivity index is 1.67. The molecule has 2 aromatic heterocycles. The highest BCUT2D eigenvalue weighted by atomic mass is 32.2. The third-order valence-electron chi connectivity index (χ3n) is 2.78. The number of aromatic nitrogens is 3. The highest BCUT2D eigenvalue weighted by Gasteiger charge is 2.15. The van der Waals surface area contributed by atoms with Crippen LogP contribution >= 0.6 is 11.8 Å². The molecule has 0 fully saturated rings. The van der Waals surface area contributed by atoms with Crippen LogP contribution < -0.4 is 0 Å². The number of aliphatic hydroxyl groups is 1. The molecule has 102 valence electrons. The normalized spacial score (nSPS) is 12.4. The molecule has 0 spiro atoms. The number of nitrogens with one attached hydrogen (secondary N) is 1. The lowest BCUT2D eigenvalue weighted by molar-refractivity contribution is 0.210. The van der Waals surface area contributed by atoms with Crippen LogP contribution in [0, 0.1) is 0 Å². The van der Waals surface area contributed by atoms with Gasteiger partial charge in [-0.1, -0.05) is 42.1 Å². The average molecular weight is 287 g/mol. The van der Waals surface area contributed by atoms with Crippen LogP contribution in [0.2, 0.25) is 0 Å². The molecular formula is C14H13N3O2S. The smallest absolute Gasteiger partial charge is 0.208 e. The van der Waals surface area contributed by atoms with E-state index in [0.29, 0.717) is 16.7 Å². The molecular weight excluding hydrogens is 274 g/mol. The number of H-pyrrole nitrogens is 1. The van der Waals surface area contributed by atoms with E-state index >= 15 is 0 Å². The Morgan fingerprint density at radius 1 is 1.20 bits per heavy atom. The number of aliphatic hydroxyl groups excluding tert-OH is 1. The van der Waals surface area contributed by atoms with Crippen LogP contribution in [0.4, 0.5) is 0 Å². The van der Waals surface area contributed by atoms with Crippen LogP contribution in [-0.2, 0) is 5.75 Å². The third kappa shape index (κ3) is 2.92. The molecule has 0 saturated carbocycles. The number of hydrogen-bond donors (Lipinski definition) is 2. The molecule has 5 nitrogen and oxygen atoms in total. The van der Waals surface area contributed by atoms with Gasteiger partial charge in [-0.15, -0.1) is 5.10 Å². The van der Waals surface area contributed by atoms with Crippen molar-refractivity contribution in [2.75, 3.05) is 0 Å². The van der Waals surface area contributed by atoms with Gasteiger partial charge in [0.25, 0.3) is 0 Å². The van der Waals surface area contributed by atoms with Crippen molar-refractivity contribution < 1.29 is 9.52 Å². The summed E-state index contributed by atoms with van der Waals surface area (Å²) in [6.45, 7) is 0. The molecule has 0 saturated heterocycles. The fourth-order valence-corrected chi connectivity index (χ4v) is 2.48. The highest BCUT2D eigenvalue weighted by molar-refractivity contribution is 7.98. The fourth-order valence-electron chi connectivity index (χ4n) is 1.77. The van der Waals surface area contributed by atoms with Crippen molar-refractivity contribution >= 4 is 11.8 Å². The Labute approximate surface area is 120 Å². The predicted molar refractivity (Wildman–Crippen MR) is 75.2 cm³/mol. The number of hydrogen-bond acceptors (Lipinski definition) is 5. The molecule has 20 heavy (non-hydrogen) atoms. The van der Waals surface area contributed by atoms with Crippen LogP contribution in [-0.4, -0.2) is 20.3 Å². The van der Waals surface area contributed by atoms with Gasteiger partial charge in [0.05, 0.1) is 12.0 Å². The van der Waals surface area contributed by atoms with Crippen molar-refractivity contribution in [2.45, 2.75) is 17.0 Å². The summed E-state index contributed by atoms with van der Waals surface area (Å²) < 4.78 is 5.24. The zero-order chi connectivity index (χ0) is 13.8. The summed E-state index contributed by atoms with van der Waals surface area (Å²) in [5.74, 6) is 1.97. The third-order valence-corrected chi connectivity index (χ3v) is 3.65. The van der Waals surface area contributed by atoms with Crippen molar-refractivity contribution in [3.05, 3.63) is 65.9 Å². The second-order valence-electron chi connectivity index (χ2n) is 4.18. The Bertz CT molecular complexity index is 652. The molecule has 1 atom stereocenters. The van der Waals surface area contributed by atoms with Gasteiger partial charge < -0.3 is 9.52 Å². The first-order valence-corrected chi connectivity index (χ1v) is 7.12. The van der Waals surface area contributed by atoms with E-state index in [1.54, 1.807) is 6.26 Å². The molecule has 6 heteroatoms. The number of nitrogens with zero attached hydrogens (tertiary/aromatic N) is 2. The number of thioether (sulfide) groups is 1. The lowest BCUT2D eigenvalue weighted by Gasteiger charge is -2.06. The minimum atomic E-state index is -0.790. The first-order chi connectivity index (χ1) is 9.83. The highest BCUT2D eigenvalue weighted by Crippen LogP contribution is 2.23. The van der Waals surface area contributed by atoms with E-state index in [-0.39, 0.29) is 0 Å². The van der Waals surface area contributed by atoms with E-state index < -0.39 is 6.10 Å². The molecule has 0 aliphatic rings. The SMILES string of the molecule is O[C@H](c1ccccc1)c1nc(SCc2ccco2)n[nH]1. The number of rotatable bonds is 5. The van der Waals surface area contributed by atoms with Gasteiger partial charge in [-0.05, 0) is 17.7 Å². The van der Waals surface area contributed by atoms with E-state index in [4.69, 9.17) is 4.42 Å². The minimum Gasteiger partial charge on any atom is -0.468 e. The van der Waals surface area contributed by atoms with Gasteiger partial charge in [-0.3, -0.25) is 5.10 Å². The molecule has 0 bridgehead atoms. The van der Waals surface area contributed by atoms with Gasteiger partial charge in [0.15, 0.2) is 5.82 Å². The van der Waals surface area contributed by atoms with E-state index in [9.17, 15) is 5.11 Å². The fraction of sp³-hybridized carbons (Fsp3) is 0.143. The van der Waals surface area contributed by atoms with E-state index in [0.717, 1.165) is 11.3 Å². The first kappa shape index (κ1) is 13.0. The van der Waals surface area contributed by atoms with Crippen LogP contribution in [0.25, 0.3) is 0 Å². The molecule has 0 aliphatic heterocycles. The minimum absolute atomic E-state index is 0.443. The number of benzene rings is 1. The van der Waals surface area contributed by atoms with Crippen molar-refractivity contribution in [2.24, 2.45) is 0 Å². The van der Waals surface area contributed by atoms with Gasteiger partial charge in [-0.25, -0.2) is 4.98 Å². The Kier molecular flexibility index (Phi) is 3.85. The summed E-state index contributed by atoms with van der Waals surface area (Å²) in [7, 11) is 0. The molecule has 3 rings (SSSR count). The topological polar surface area (TPSA) is 74.9 Å². The maximum Gasteiger partial charge on any atom is 0.208 e.